The predicted octanol–water partition coefficient (Wildman–Crippen LogP) is 2.47. The Labute approximate surface area is 113 Å². The van der Waals surface area contributed by atoms with Crippen LogP contribution in [0.5, 0.6) is 0 Å². The summed E-state index contributed by atoms with van der Waals surface area (Å²) in [6.45, 7) is 0.0528. The van der Waals surface area contributed by atoms with E-state index in [1.807, 2.05) is 0 Å². The second-order valence-corrected chi connectivity index (χ2v) is 4.99. The molecule has 1 aliphatic carbocycles. The number of hydrogen-bond donors (Lipinski definition) is 3. The number of carbonyl (C=O) groups excluding carboxylic acids is 1. The van der Waals surface area contributed by atoms with E-state index in [9.17, 15) is 14.0 Å². The Morgan fingerprint density at radius 3 is 2.58 bits per heavy atom. The summed E-state index contributed by atoms with van der Waals surface area (Å²) < 4.78 is 13.0. The van der Waals surface area contributed by atoms with Gasteiger partial charge in [-0.25, -0.2) is 9.18 Å². The summed E-state index contributed by atoms with van der Waals surface area (Å²) in [5.41, 5.74) is -0.626. The molecular formula is C12H12ClFN2O3. The molecule has 0 saturated heterocycles. The number of aliphatic carboxylic acids is 1. The normalized spacial score (nSPS) is 15.7. The molecule has 1 aliphatic rings. The van der Waals surface area contributed by atoms with Crippen LogP contribution in [0, 0.1) is 11.2 Å². The van der Waals surface area contributed by atoms with Gasteiger partial charge in [-0.15, -0.1) is 0 Å². The first-order valence-corrected chi connectivity index (χ1v) is 6.03. The topological polar surface area (TPSA) is 78.4 Å². The summed E-state index contributed by atoms with van der Waals surface area (Å²) in [7, 11) is 0. The van der Waals surface area contributed by atoms with Crippen molar-refractivity contribution in [2.24, 2.45) is 5.41 Å². The van der Waals surface area contributed by atoms with Crippen molar-refractivity contribution in [3.05, 3.63) is 29.0 Å². The van der Waals surface area contributed by atoms with Gasteiger partial charge in [0.2, 0.25) is 0 Å². The zero-order valence-corrected chi connectivity index (χ0v) is 10.6. The fraction of sp³-hybridized carbons (Fsp3) is 0.333. The lowest BCUT2D eigenvalue weighted by Crippen LogP contribution is -2.36. The molecule has 0 aromatic heterocycles. The van der Waals surface area contributed by atoms with Gasteiger partial charge < -0.3 is 15.7 Å². The molecule has 1 aromatic carbocycles. The number of anilines is 1. The van der Waals surface area contributed by atoms with Crippen molar-refractivity contribution in [2.45, 2.75) is 12.8 Å². The van der Waals surface area contributed by atoms with Gasteiger partial charge in [0, 0.05) is 17.3 Å². The van der Waals surface area contributed by atoms with Gasteiger partial charge in [-0.1, -0.05) is 11.6 Å². The minimum absolute atomic E-state index is 0.0528. The van der Waals surface area contributed by atoms with E-state index in [2.05, 4.69) is 10.6 Å². The summed E-state index contributed by atoms with van der Waals surface area (Å²) in [6, 6.07) is 3.05. The number of rotatable bonds is 4. The zero-order chi connectivity index (χ0) is 14.0. The first kappa shape index (κ1) is 13.6. The summed E-state index contributed by atoms with van der Waals surface area (Å²) in [4.78, 5) is 22.5. The highest BCUT2D eigenvalue weighted by atomic mass is 35.5. The number of urea groups is 1. The molecule has 2 rings (SSSR count). The largest absolute Gasteiger partial charge is 0.481 e. The van der Waals surface area contributed by atoms with Crippen LogP contribution in [0.2, 0.25) is 5.02 Å². The standard InChI is InChI=1S/C12H12ClFN2O3/c13-7-3-8(14)5-9(4-7)16-11(19)15-6-12(1-2-12)10(17)18/h3-5H,1-2,6H2,(H,17,18)(H2,15,16,19). The highest BCUT2D eigenvalue weighted by Gasteiger charge is 2.50. The van der Waals surface area contributed by atoms with Crippen molar-refractivity contribution >= 4 is 29.3 Å². The van der Waals surface area contributed by atoms with Gasteiger partial charge in [-0.2, -0.15) is 0 Å². The molecule has 0 unspecified atom stereocenters. The van der Waals surface area contributed by atoms with Crippen molar-refractivity contribution < 1.29 is 19.1 Å². The Morgan fingerprint density at radius 2 is 2.05 bits per heavy atom. The molecule has 0 radical (unpaired) electrons. The molecule has 0 atom stereocenters. The minimum Gasteiger partial charge on any atom is -0.481 e. The number of hydrogen-bond acceptors (Lipinski definition) is 2. The van der Waals surface area contributed by atoms with E-state index in [-0.39, 0.29) is 17.3 Å². The molecule has 1 fully saturated rings. The molecule has 5 nitrogen and oxygen atoms in total. The quantitative estimate of drug-likeness (QED) is 0.795. The maximum absolute atomic E-state index is 13.0. The monoisotopic (exact) mass is 286 g/mol. The molecule has 3 N–H and O–H groups in total. The molecule has 1 saturated carbocycles. The van der Waals surface area contributed by atoms with Gasteiger partial charge in [-0.3, -0.25) is 4.79 Å². The lowest BCUT2D eigenvalue weighted by Gasteiger charge is -2.12. The molecule has 1 aromatic rings. The number of halogens is 2. The maximum atomic E-state index is 13.0. The van der Waals surface area contributed by atoms with Gasteiger partial charge in [-0.05, 0) is 31.0 Å². The predicted molar refractivity (Wildman–Crippen MR) is 67.7 cm³/mol. The molecule has 0 bridgehead atoms. The average Bonchev–Trinajstić information content (AvgIpc) is 3.05. The Hall–Kier alpha value is -1.82. The van der Waals surface area contributed by atoms with Gasteiger partial charge in [0.05, 0.1) is 5.41 Å². The van der Waals surface area contributed by atoms with Crippen LogP contribution in [0.3, 0.4) is 0 Å². The van der Waals surface area contributed by atoms with Gasteiger partial charge in [0.1, 0.15) is 5.82 Å². The Balaban J connectivity index is 1.89. The number of benzene rings is 1. The van der Waals surface area contributed by atoms with Crippen molar-refractivity contribution in [1.29, 1.82) is 0 Å². The summed E-state index contributed by atoms with van der Waals surface area (Å²) in [5, 5.41) is 14.0. The number of carboxylic acids is 1. The minimum atomic E-state index is -0.915. The van der Waals surface area contributed by atoms with Crippen LogP contribution in [-0.2, 0) is 4.79 Å². The SMILES string of the molecule is O=C(NCC1(C(=O)O)CC1)Nc1cc(F)cc(Cl)c1. The molecule has 0 spiro atoms. The Kier molecular flexibility index (Phi) is 3.61. The molecule has 0 aliphatic heterocycles. The maximum Gasteiger partial charge on any atom is 0.319 e. The Bertz CT molecular complexity index is 511. The zero-order valence-electron chi connectivity index (χ0n) is 9.87. The van der Waals surface area contributed by atoms with E-state index in [4.69, 9.17) is 16.7 Å². The molecule has 2 amide bonds. The number of carboxylic acid groups (broad SMARTS) is 1. The third-order valence-corrected chi connectivity index (χ3v) is 3.23. The lowest BCUT2D eigenvalue weighted by atomic mass is 10.1. The summed E-state index contributed by atoms with van der Waals surface area (Å²) in [5.74, 6) is -1.48. The van der Waals surface area contributed by atoms with Crippen molar-refractivity contribution in [1.82, 2.24) is 5.32 Å². The van der Waals surface area contributed by atoms with Crippen LogP contribution < -0.4 is 10.6 Å². The molecule has 19 heavy (non-hydrogen) atoms. The van der Waals surface area contributed by atoms with E-state index in [1.54, 1.807) is 0 Å². The first-order valence-electron chi connectivity index (χ1n) is 5.66. The third-order valence-electron chi connectivity index (χ3n) is 3.01. The van der Waals surface area contributed by atoms with E-state index in [0.29, 0.717) is 12.8 Å². The number of amides is 2. The lowest BCUT2D eigenvalue weighted by molar-refractivity contribution is -0.143. The van der Waals surface area contributed by atoms with E-state index < -0.39 is 23.2 Å². The third kappa shape index (κ3) is 3.35. The first-order chi connectivity index (χ1) is 8.91. The van der Waals surface area contributed by atoms with Crippen LogP contribution in [0.1, 0.15) is 12.8 Å². The molecule has 0 heterocycles. The van der Waals surface area contributed by atoms with Crippen molar-refractivity contribution in [3.8, 4) is 0 Å². The molecule has 7 heteroatoms. The van der Waals surface area contributed by atoms with Crippen LogP contribution in [0.15, 0.2) is 18.2 Å². The van der Waals surface area contributed by atoms with Crippen LogP contribution in [0.25, 0.3) is 0 Å². The fourth-order valence-corrected chi connectivity index (χ4v) is 1.89. The van der Waals surface area contributed by atoms with Gasteiger partial charge in [0.25, 0.3) is 0 Å². The molecule has 102 valence electrons. The van der Waals surface area contributed by atoms with Gasteiger partial charge in [0.15, 0.2) is 0 Å². The van der Waals surface area contributed by atoms with E-state index in [1.165, 1.54) is 6.07 Å². The van der Waals surface area contributed by atoms with Crippen molar-refractivity contribution in [3.63, 3.8) is 0 Å². The van der Waals surface area contributed by atoms with E-state index in [0.717, 1.165) is 12.1 Å². The number of nitrogens with one attached hydrogen (secondary N) is 2. The fourth-order valence-electron chi connectivity index (χ4n) is 1.67. The van der Waals surface area contributed by atoms with Gasteiger partial charge >= 0.3 is 12.0 Å². The summed E-state index contributed by atoms with van der Waals surface area (Å²) in [6.07, 6.45) is 1.10. The van der Waals surface area contributed by atoms with Crippen LogP contribution in [0.4, 0.5) is 14.9 Å². The van der Waals surface area contributed by atoms with Crippen molar-refractivity contribution in [2.75, 3.05) is 11.9 Å². The highest BCUT2D eigenvalue weighted by molar-refractivity contribution is 6.30. The molecular weight excluding hydrogens is 275 g/mol. The van der Waals surface area contributed by atoms with Crippen LogP contribution >= 0.6 is 11.6 Å². The number of carbonyl (C=O) groups is 2. The second kappa shape index (κ2) is 5.05. The van der Waals surface area contributed by atoms with Crippen LogP contribution in [-0.4, -0.2) is 23.7 Å². The highest BCUT2D eigenvalue weighted by Crippen LogP contribution is 2.45. The smallest absolute Gasteiger partial charge is 0.319 e. The average molecular weight is 287 g/mol. The summed E-state index contributed by atoms with van der Waals surface area (Å²) >= 11 is 5.65. The Morgan fingerprint density at radius 1 is 1.37 bits per heavy atom. The van der Waals surface area contributed by atoms with E-state index >= 15 is 0 Å². The second-order valence-electron chi connectivity index (χ2n) is 4.55.